The third-order valence-corrected chi connectivity index (χ3v) is 8.66. The molecular formula is C38H28N2. The molecule has 1 aromatic heterocycles. The van der Waals surface area contributed by atoms with E-state index in [9.17, 15) is 0 Å². The molecule has 2 heteroatoms. The molecule has 0 amide bonds. The number of aromatic nitrogens is 1. The first-order chi connectivity index (χ1) is 19.8. The fourth-order valence-corrected chi connectivity index (χ4v) is 7.00. The molecule has 190 valence electrons. The van der Waals surface area contributed by atoms with Gasteiger partial charge in [-0.15, -0.1) is 0 Å². The van der Waals surface area contributed by atoms with Gasteiger partial charge in [0.2, 0.25) is 0 Å². The quantitative estimate of drug-likeness (QED) is 0.251. The van der Waals surface area contributed by atoms with Crippen molar-refractivity contribution in [1.29, 1.82) is 0 Å². The Bertz CT molecular complexity index is 1990. The standard InChI is InChI=1S/C38H28N2/c39-25-26-12-11-17-29(22-26)40-36-21-10-8-19-31(36)33-23-35-32(24-37(33)40)30-18-7-9-20-34(30)38(35,27-13-3-1-4-14-27)28-15-5-2-6-16-28/h1-24H,25,39H2. The van der Waals surface area contributed by atoms with Crippen molar-refractivity contribution in [1.82, 2.24) is 4.57 Å². The first-order valence-electron chi connectivity index (χ1n) is 13.9. The third kappa shape index (κ3) is 3.08. The van der Waals surface area contributed by atoms with E-state index in [1.54, 1.807) is 0 Å². The fourth-order valence-electron chi connectivity index (χ4n) is 7.00. The van der Waals surface area contributed by atoms with Crippen molar-refractivity contribution in [2.45, 2.75) is 12.0 Å². The number of rotatable bonds is 4. The van der Waals surface area contributed by atoms with Crippen LogP contribution < -0.4 is 5.73 Å². The molecule has 0 radical (unpaired) electrons. The summed E-state index contributed by atoms with van der Waals surface area (Å²) in [5, 5.41) is 2.51. The van der Waals surface area contributed by atoms with Crippen molar-refractivity contribution in [3.63, 3.8) is 0 Å². The Labute approximate surface area is 234 Å². The van der Waals surface area contributed by atoms with Gasteiger partial charge in [-0.1, -0.05) is 115 Å². The van der Waals surface area contributed by atoms with E-state index in [-0.39, 0.29) is 0 Å². The molecule has 6 aromatic carbocycles. The van der Waals surface area contributed by atoms with Crippen molar-refractivity contribution >= 4 is 21.8 Å². The lowest BCUT2D eigenvalue weighted by Gasteiger charge is -2.33. The second kappa shape index (κ2) is 8.81. The summed E-state index contributed by atoms with van der Waals surface area (Å²) in [4.78, 5) is 0. The second-order valence-corrected chi connectivity index (χ2v) is 10.7. The highest BCUT2D eigenvalue weighted by Crippen LogP contribution is 2.57. The van der Waals surface area contributed by atoms with Gasteiger partial charge in [0.05, 0.1) is 16.4 Å². The summed E-state index contributed by atoms with van der Waals surface area (Å²) in [6, 6.07) is 53.2. The average Bonchev–Trinajstić information content (AvgIpc) is 3.51. The molecule has 0 unspecified atom stereocenters. The zero-order chi connectivity index (χ0) is 26.7. The van der Waals surface area contributed by atoms with Crippen molar-refractivity contribution in [3.8, 4) is 16.8 Å². The van der Waals surface area contributed by atoms with Gasteiger partial charge in [-0.2, -0.15) is 0 Å². The Morgan fingerprint density at radius 2 is 1.18 bits per heavy atom. The summed E-state index contributed by atoms with van der Waals surface area (Å²) in [5.41, 5.74) is 18.1. The molecular weight excluding hydrogens is 484 g/mol. The van der Waals surface area contributed by atoms with Crippen molar-refractivity contribution < 1.29 is 0 Å². The highest BCUT2D eigenvalue weighted by molar-refractivity contribution is 6.11. The van der Waals surface area contributed by atoms with Crippen LogP contribution in [-0.4, -0.2) is 4.57 Å². The Morgan fingerprint density at radius 1 is 0.500 bits per heavy atom. The van der Waals surface area contributed by atoms with Crippen molar-refractivity contribution in [2.75, 3.05) is 0 Å². The normalized spacial score (nSPS) is 13.4. The third-order valence-electron chi connectivity index (χ3n) is 8.66. The van der Waals surface area contributed by atoms with E-state index in [0.717, 1.165) is 11.3 Å². The molecule has 2 nitrogen and oxygen atoms in total. The molecule has 0 atom stereocenters. The van der Waals surface area contributed by atoms with Crippen LogP contribution in [0, 0.1) is 0 Å². The molecule has 0 saturated heterocycles. The maximum Gasteiger partial charge on any atom is 0.0713 e. The first-order valence-corrected chi connectivity index (χ1v) is 13.9. The molecule has 0 fully saturated rings. The van der Waals surface area contributed by atoms with E-state index >= 15 is 0 Å². The van der Waals surface area contributed by atoms with Crippen LogP contribution in [0.3, 0.4) is 0 Å². The minimum Gasteiger partial charge on any atom is -0.326 e. The predicted octanol–water partition coefficient (Wildman–Crippen LogP) is 8.61. The SMILES string of the molecule is NCc1cccc(-n2c3ccccc3c3cc4c(cc32)-c2ccccc2C4(c2ccccc2)c2ccccc2)c1. The Hall–Kier alpha value is -4.92. The van der Waals surface area contributed by atoms with Gasteiger partial charge in [0.25, 0.3) is 0 Å². The molecule has 1 aliphatic rings. The van der Waals surface area contributed by atoms with Gasteiger partial charge in [0.1, 0.15) is 0 Å². The molecule has 0 bridgehead atoms. The molecule has 8 rings (SSSR count). The number of para-hydroxylation sites is 1. The van der Waals surface area contributed by atoms with Crippen LogP contribution in [0.4, 0.5) is 0 Å². The van der Waals surface area contributed by atoms with Gasteiger partial charge in [-0.25, -0.2) is 0 Å². The number of nitrogens with two attached hydrogens (primary N) is 1. The summed E-state index contributed by atoms with van der Waals surface area (Å²) in [5.74, 6) is 0. The Kier molecular flexibility index (Phi) is 5.07. The maximum atomic E-state index is 6.06. The van der Waals surface area contributed by atoms with E-state index < -0.39 is 5.41 Å². The highest BCUT2D eigenvalue weighted by Gasteiger charge is 2.46. The number of hydrogen-bond donors (Lipinski definition) is 1. The number of hydrogen-bond acceptors (Lipinski definition) is 1. The van der Waals surface area contributed by atoms with Crippen LogP contribution in [0.5, 0.6) is 0 Å². The minimum absolute atomic E-state index is 0.411. The molecule has 40 heavy (non-hydrogen) atoms. The fraction of sp³-hybridized carbons (Fsp3) is 0.0526. The van der Waals surface area contributed by atoms with E-state index in [1.807, 2.05) is 0 Å². The van der Waals surface area contributed by atoms with E-state index in [2.05, 4.69) is 150 Å². The highest BCUT2D eigenvalue weighted by atomic mass is 15.0. The summed E-state index contributed by atoms with van der Waals surface area (Å²) >= 11 is 0. The van der Waals surface area contributed by atoms with E-state index in [0.29, 0.717) is 6.54 Å². The molecule has 1 aliphatic carbocycles. The minimum atomic E-state index is -0.411. The lowest BCUT2D eigenvalue weighted by atomic mass is 9.67. The monoisotopic (exact) mass is 512 g/mol. The van der Waals surface area contributed by atoms with Crippen molar-refractivity contribution in [2.24, 2.45) is 5.73 Å². The maximum absolute atomic E-state index is 6.06. The second-order valence-electron chi connectivity index (χ2n) is 10.7. The summed E-state index contributed by atoms with van der Waals surface area (Å²) in [6.07, 6.45) is 0. The van der Waals surface area contributed by atoms with Gasteiger partial charge in [0.15, 0.2) is 0 Å². The van der Waals surface area contributed by atoms with Crippen LogP contribution in [0.1, 0.15) is 27.8 Å². The van der Waals surface area contributed by atoms with Gasteiger partial charge < -0.3 is 10.3 Å². The number of benzene rings is 6. The molecule has 1 heterocycles. The molecule has 0 spiro atoms. The first kappa shape index (κ1) is 23.0. The Balaban J connectivity index is 1.55. The summed E-state index contributed by atoms with van der Waals surface area (Å²) < 4.78 is 2.40. The number of fused-ring (bicyclic) bond motifs is 6. The smallest absolute Gasteiger partial charge is 0.0713 e. The topological polar surface area (TPSA) is 30.9 Å². The summed E-state index contributed by atoms with van der Waals surface area (Å²) in [6.45, 7) is 0.518. The van der Waals surface area contributed by atoms with Crippen LogP contribution >= 0.6 is 0 Å². The Morgan fingerprint density at radius 3 is 1.93 bits per heavy atom. The van der Waals surface area contributed by atoms with Crippen LogP contribution in [0.2, 0.25) is 0 Å². The molecule has 0 aliphatic heterocycles. The van der Waals surface area contributed by atoms with Crippen molar-refractivity contribution in [3.05, 3.63) is 173 Å². The predicted molar refractivity (Wildman–Crippen MR) is 166 cm³/mol. The largest absolute Gasteiger partial charge is 0.326 e. The van der Waals surface area contributed by atoms with Crippen LogP contribution in [-0.2, 0) is 12.0 Å². The number of nitrogens with zero attached hydrogens (tertiary/aromatic N) is 1. The molecule has 7 aromatic rings. The lowest BCUT2D eigenvalue weighted by Crippen LogP contribution is -2.28. The molecule has 0 saturated carbocycles. The molecule has 2 N–H and O–H groups in total. The average molecular weight is 513 g/mol. The van der Waals surface area contributed by atoms with E-state index in [4.69, 9.17) is 5.73 Å². The van der Waals surface area contributed by atoms with Gasteiger partial charge >= 0.3 is 0 Å². The van der Waals surface area contributed by atoms with Crippen LogP contribution in [0.15, 0.2) is 146 Å². The van der Waals surface area contributed by atoms with E-state index in [1.165, 1.54) is 55.2 Å². The van der Waals surface area contributed by atoms with Gasteiger partial charge in [-0.3, -0.25) is 0 Å². The zero-order valence-electron chi connectivity index (χ0n) is 22.1. The van der Waals surface area contributed by atoms with Gasteiger partial charge in [0, 0.05) is 23.0 Å². The lowest BCUT2D eigenvalue weighted by molar-refractivity contribution is 0.769. The zero-order valence-corrected chi connectivity index (χ0v) is 22.1. The van der Waals surface area contributed by atoms with Gasteiger partial charge in [-0.05, 0) is 69.3 Å². The summed E-state index contributed by atoms with van der Waals surface area (Å²) in [7, 11) is 0. The van der Waals surface area contributed by atoms with Crippen LogP contribution in [0.25, 0.3) is 38.6 Å².